The minimum absolute atomic E-state index is 0.285. The monoisotopic (exact) mass is 455 g/mol. The van der Waals surface area contributed by atoms with Crippen molar-refractivity contribution in [2.45, 2.75) is 19.9 Å². The van der Waals surface area contributed by atoms with Gasteiger partial charge in [0.25, 0.3) is 11.8 Å². The van der Waals surface area contributed by atoms with Gasteiger partial charge in [0.15, 0.2) is 18.1 Å². The number of hydrogen-bond acceptors (Lipinski definition) is 7. The number of carbonyl (C=O) groups excluding carboxylic acids is 4. The number of anilines is 1. The molecule has 10 nitrogen and oxygen atoms in total. The van der Waals surface area contributed by atoms with Gasteiger partial charge in [0.1, 0.15) is 19.3 Å². The van der Waals surface area contributed by atoms with Crippen LogP contribution < -0.4 is 25.4 Å². The average Bonchev–Trinajstić information content (AvgIpc) is 2.81. The zero-order valence-corrected chi connectivity index (χ0v) is 18.3. The summed E-state index contributed by atoms with van der Waals surface area (Å²) in [5.74, 6) is -1.28. The molecule has 1 aliphatic rings. The molecule has 0 radical (unpaired) electrons. The van der Waals surface area contributed by atoms with Crippen molar-refractivity contribution in [3.05, 3.63) is 54.1 Å². The molecule has 0 spiro atoms. The first-order valence-electron chi connectivity index (χ1n) is 10.4. The Hall–Kier alpha value is -4.08. The minimum Gasteiger partial charge on any atom is -0.486 e. The lowest BCUT2D eigenvalue weighted by Gasteiger charge is -2.20. The van der Waals surface area contributed by atoms with E-state index in [0.29, 0.717) is 36.0 Å². The highest BCUT2D eigenvalue weighted by atomic mass is 16.6. The van der Waals surface area contributed by atoms with Gasteiger partial charge in [-0.05, 0) is 30.2 Å². The van der Waals surface area contributed by atoms with Crippen molar-refractivity contribution >= 4 is 29.5 Å². The van der Waals surface area contributed by atoms with Crippen LogP contribution in [0.2, 0.25) is 0 Å². The Kier molecular flexibility index (Phi) is 7.85. The molecule has 1 heterocycles. The maximum absolute atomic E-state index is 12.4. The second-order valence-electron chi connectivity index (χ2n) is 7.53. The molecule has 0 aromatic heterocycles. The molecule has 0 saturated heterocycles. The molecule has 0 bridgehead atoms. The van der Waals surface area contributed by atoms with E-state index in [1.54, 1.807) is 62.4 Å². The lowest BCUT2D eigenvalue weighted by molar-refractivity contribution is -0.151. The molecule has 33 heavy (non-hydrogen) atoms. The van der Waals surface area contributed by atoms with Crippen LogP contribution in [0.15, 0.2) is 48.5 Å². The van der Waals surface area contributed by atoms with Gasteiger partial charge in [-0.15, -0.1) is 0 Å². The molecule has 2 aromatic rings. The first-order chi connectivity index (χ1) is 15.8. The van der Waals surface area contributed by atoms with Gasteiger partial charge in [-0.1, -0.05) is 32.0 Å². The van der Waals surface area contributed by atoms with Gasteiger partial charge in [-0.3, -0.25) is 14.9 Å². The van der Waals surface area contributed by atoms with Crippen LogP contribution in [0, 0.1) is 5.92 Å². The molecule has 1 atom stereocenters. The van der Waals surface area contributed by atoms with Crippen molar-refractivity contribution in [2.24, 2.45) is 5.92 Å². The van der Waals surface area contributed by atoms with Crippen LogP contribution in [0.5, 0.6) is 11.5 Å². The third-order valence-corrected chi connectivity index (χ3v) is 4.64. The van der Waals surface area contributed by atoms with E-state index in [2.05, 4.69) is 16.0 Å². The molecule has 1 aliphatic heterocycles. The number of amides is 4. The van der Waals surface area contributed by atoms with Gasteiger partial charge in [0.2, 0.25) is 0 Å². The highest BCUT2D eigenvalue weighted by molar-refractivity contribution is 6.02. The largest absolute Gasteiger partial charge is 0.486 e. The van der Waals surface area contributed by atoms with E-state index < -0.39 is 36.5 Å². The van der Waals surface area contributed by atoms with Gasteiger partial charge in [-0.25, -0.2) is 9.59 Å². The van der Waals surface area contributed by atoms with Gasteiger partial charge in [0, 0.05) is 17.3 Å². The number of ether oxygens (including phenoxy) is 3. The Labute approximate surface area is 190 Å². The molecule has 0 unspecified atom stereocenters. The fourth-order valence-electron chi connectivity index (χ4n) is 2.98. The topological polar surface area (TPSA) is 132 Å². The Balaban J connectivity index is 1.47. The SMILES string of the molecule is CC(C)[C@@H](NC(=O)c1ccccc1)C(=O)OCC(=O)NC(=O)Nc1ccc2c(c1)OCCO2. The maximum Gasteiger partial charge on any atom is 0.329 e. The lowest BCUT2D eigenvalue weighted by Crippen LogP contribution is -2.46. The van der Waals surface area contributed by atoms with E-state index in [4.69, 9.17) is 14.2 Å². The second-order valence-corrected chi connectivity index (χ2v) is 7.53. The first kappa shape index (κ1) is 23.6. The Bertz CT molecular complexity index is 1020. The van der Waals surface area contributed by atoms with E-state index >= 15 is 0 Å². The van der Waals surface area contributed by atoms with Crippen LogP contribution in [0.1, 0.15) is 24.2 Å². The molecular formula is C23H25N3O7. The summed E-state index contributed by atoms with van der Waals surface area (Å²) in [4.78, 5) is 48.9. The first-order valence-corrected chi connectivity index (χ1v) is 10.4. The van der Waals surface area contributed by atoms with E-state index in [9.17, 15) is 19.2 Å². The van der Waals surface area contributed by atoms with Crippen molar-refractivity contribution < 1.29 is 33.4 Å². The quantitative estimate of drug-likeness (QED) is 0.545. The summed E-state index contributed by atoms with van der Waals surface area (Å²) < 4.78 is 15.9. The zero-order valence-electron chi connectivity index (χ0n) is 18.3. The number of fused-ring (bicyclic) bond motifs is 1. The van der Waals surface area contributed by atoms with Crippen LogP contribution >= 0.6 is 0 Å². The highest BCUT2D eigenvalue weighted by Crippen LogP contribution is 2.32. The summed E-state index contributed by atoms with van der Waals surface area (Å²) in [5.41, 5.74) is 0.787. The van der Waals surface area contributed by atoms with E-state index in [1.807, 2.05) is 0 Å². The number of hydrogen-bond donors (Lipinski definition) is 3. The molecular weight excluding hydrogens is 430 g/mol. The molecule has 4 amide bonds. The fourth-order valence-corrected chi connectivity index (χ4v) is 2.98. The second kappa shape index (κ2) is 11.0. The van der Waals surface area contributed by atoms with E-state index in [-0.39, 0.29) is 5.92 Å². The average molecular weight is 455 g/mol. The molecule has 2 aromatic carbocycles. The van der Waals surface area contributed by atoms with Crippen molar-refractivity contribution in [3.8, 4) is 11.5 Å². The normalized spacial score (nSPS) is 12.9. The van der Waals surface area contributed by atoms with Crippen molar-refractivity contribution in [2.75, 3.05) is 25.1 Å². The Morgan fingerprint density at radius 3 is 2.36 bits per heavy atom. The Morgan fingerprint density at radius 2 is 1.67 bits per heavy atom. The third kappa shape index (κ3) is 6.70. The summed E-state index contributed by atoms with van der Waals surface area (Å²) in [6.45, 7) is 3.63. The van der Waals surface area contributed by atoms with Crippen LogP contribution in [0.3, 0.4) is 0 Å². The standard InChI is InChI=1S/C23H25N3O7/c1-14(2)20(26-21(28)15-6-4-3-5-7-15)22(29)33-13-19(27)25-23(30)24-16-8-9-17-18(12-16)32-11-10-31-17/h3-9,12,14,20H,10-11,13H2,1-2H3,(H,26,28)(H2,24,25,27,30)/t20-/m1/s1. The summed E-state index contributed by atoms with van der Waals surface area (Å²) in [5, 5.41) is 7.17. The predicted octanol–water partition coefficient (Wildman–Crippen LogP) is 2.10. The number of imide groups is 1. The molecule has 10 heteroatoms. The lowest BCUT2D eigenvalue weighted by atomic mass is 10.0. The van der Waals surface area contributed by atoms with Crippen molar-refractivity contribution in [3.63, 3.8) is 0 Å². The molecule has 0 aliphatic carbocycles. The van der Waals surface area contributed by atoms with E-state index in [0.717, 1.165) is 0 Å². The molecule has 0 saturated carbocycles. The number of carbonyl (C=O) groups is 4. The maximum atomic E-state index is 12.4. The number of urea groups is 1. The predicted molar refractivity (Wildman–Crippen MR) is 118 cm³/mol. The van der Waals surface area contributed by atoms with Crippen LogP contribution in [-0.4, -0.2) is 49.7 Å². The number of rotatable bonds is 7. The van der Waals surface area contributed by atoms with Crippen molar-refractivity contribution in [1.29, 1.82) is 0 Å². The molecule has 0 fully saturated rings. The van der Waals surface area contributed by atoms with Crippen molar-refractivity contribution in [1.82, 2.24) is 10.6 Å². The number of nitrogens with one attached hydrogen (secondary N) is 3. The fraction of sp³-hybridized carbons (Fsp3) is 0.304. The zero-order chi connectivity index (χ0) is 23.8. The molecule has 174 valence electrons. The smallest absolute Gasteiger partial charge is 0.329 e. The third-order valence-electron chi connectivity index (χ3n) is 4.64. The molecule has 3 rings (SSSR count). The van der Waals surface area contributed by atoms with E-state index in [1.165, 1.54) is 0 Å². The summed E-state index contributed by atoms with van der Waals surface area (Å²) in [7, 11) is 0. The van der Waals surface area contributed by atoms with Crippen LogP contribution in [0.25, 0.3) is 0 Å². The van der Waals surface area contributed by atoms with Gasteiger partial charge >= 0.3 is 12.0 Å². The number of benzene rings is 2. The minimum atomic E-state index is -0.961. The number of esters is 1. The summed E-state index contributed by atoms with van der Waals surface area (Å²) in [6, 6.07) is 11.5. The van der Waals surface area contributed by atoms with Gasteiger partial charge < -0.3 is 24.8 Å². The Morgan fingerprint density at radius 1 is 0.970 bits per heavy atom. The molecule has 3 N–H and O–H groups in total. The van der Waals surface area contributed by atoms with Crippen LogP contribution in [-0.2, 0) is 14.3 Å². The van der Waals surface area contributed by atoms with Gasteiger partial charge in [-0.2, -0.15) is 0 Å². The summed E-state index contributed by atoms with van der Waals surface area (Å²) in [6.07, 6.45) is 0. The van der Waals surface area contributed by atoms with Crippen LogP contribution in [0.4, 0.5) is 10.5 Å². The summed E-state index contributed by atoms with van der Waals surface area (Å²) >= 11 is 0. The highest BCUT2D eigenvalue weighted by Gasteiger charge is 2.27. The van der Waals surface area contributed by atoms with Gasteiger partial charge in [0.05, 0.1) is 0 Å².